The number of aromatic nitrogens is 1. The van der Waals surface area contributed by atoms with Crippen LogP contribution in [0, 0.1) is 11.6 Å². The van der Waals surface area contributed by atoms with Crippen molar-refractivity contribution in [3.05, 3.63) is 53.2 Å². The first-order valence-electron chi connectivity index (χ1n) is 5.53. The standard InChI is InChI=1S/C13H7F5N2O/c14-7-3-6(4-8(15)5-7)11-9(12(19)21)1-2-10(20-11)13(16,17)18/h1-5H,(H2,19,21). The number of nitrogens with two attached hydrogens (primary N) is 1. The van der Waals surface area contributed by atoms with E-state index < -0.39 is 35.1 Å². The molecule has 0 spiro atoms. The van der Waals surface area contributed by atoms with E-state index in [-0.39, 0.29) is 11.1 Å². The van der Waals surface area contributed by atoms with Crippen LogP contribution in [0.5, 0.6) is 0 Å². The van der Waals surface area contributed by atoms with E-state index in [1.54, 1.807) is 0 Å². The zero-order valence-corrected chi connectivity index (χ0v) is 10.2. The van der Waals surface area contributed by atoms with E-state index >= 15 is 0 Å². The molecule has 0 unspecified atom stereocenters. The number of amides is 1. The third-order valence-electron chi connectivity index (χ3n) is 2.59. The van der Waals surface area contributed by atoms with E-state index in [0.717, 1.165) is 18.2 Å². The first-order chi connectivity index (χ1) is 9.68. The van der Waals surface area contributed by atoms with E-state index in [4.69, 9.17) is 5.73 Å². The summed E-state index contributed by atoms with van der Waals surface area (Å²) in [7, 11) is 0. The number of carbonyl (C=O) groups is 1. The third kappa shape index (κ3) is 3.15. The summed E-state index contributed by atoms with van der Waals surface area (Å²) in [4.78, 5) is 14.5. The van der Waals surface area contributed by atoms with Crippen molar-refractivity contribution in [1.29, 1.82) is 0 Å². The summed E-state index contributed by atoms with van der Waals surface area (Å²) in [5.74, 6) is -3.09. The largest absolute Gasteiger partial charge is 0.433 e. The second-order valence-corrected chi connectivity index (χ2v) is 4.11. The zero-order chi connectivity index (χ0) is 15.8. The first-order valence-corrected chi connectivity index (χ1v) is 5.53. The van der Waals surface area contributed by atoms with Crippen molar-refractivity contribution in [2.24, 2.45) is 5.73 Å². The maximum atomic E-state index is 13.2. The fourth-order valence-electron chi connectivity index (χ4n) is 1.73. The van der Waals surface area contributed by atoms with Crippen LogP contribution in [-0.2, 0) is 6.18 Å². The van der Waals surface area contributed by atoms with Crippen LogP contribution in [0.15, 0.2) is 30.3 Å². The van der Waals surface area contributed by atoms with Crippen LogP contribution in [0.2, 0.25) is 0 Å². The molecule has 0 saturated carbocycles. The lowest BCUT2D eigenvalue weighted by Crippen LogP contribution is -2.16. The van der Waals surface area contributed by atoms with Crippen LogP contribution in [0.25, 0.3) is 11.3 Å². The Labute approximate surface area is 115 Å². The molecule has 0 saturated heterocycles. The van der Waals surface area contributed by atoms with E-state index in [9.17, 15) is 26.7 Å². The zero-order valence-electron chi connectivity index (χ0n) is 10.2. The average molecular weight is 302 g/mol. The average Bonchev–Trinajstić information content (AvgIpc) is 2.35. The van der Waals surface area contributed by atoms with Crippen molar-refractivity contribution < 1.29 is 26.7 Å². The van der Waals surface area contributed by atoms with Gasteiger partial charge in [-0.15, -0.1) is 0 Å². The number of benzene rings is 1. The number of halogens is 5. The van der Waals surface area contributed by atoms with Gasteiger partial charge in [-0.05, 0) is 24.3 Å². The molecule has 3 nitrogen and oxygen atoms in total. The predicted molar refractivity (Wildman–Crippen MR) is 63.1 cm³/mol. The van der Waals surface area contributed by atoms with Gasteiger partial charge < -0.3 is 5.73 Å². The molecule has 1 heterocycles. The second-order valence-electron chi connectivity index (χ2n) is 4.11. The number of hydrogen-bond acceptors (Lipinski definition) is 2. The Balaban J connectivity index is 2.71. The maximum absolute atomic E-state index is 13.2. The number of carbonyl (C=O) groups excluding carboxylic acids is 1. The molecule has 2 rings (SSSR count). The molecule has 0 radical (unpaired) electrons. The van der Waals surface area contributed by atoms with Gasteiger partial charge >= 0.3 is 6.18 Å². The number of primary amides is 1. The summed E-state index contributed by atoms with van der Waals surface area (Å²) in [6.07, 6.45) is -4.77. The second kappa shape index (κ2) is 5.12. The van der Waals surface area contributed by atoms with Crippen LogP contribution in [0.3, 0.4) is 0 Å². The summed E-state index contributed by atoms with van der Waals surface area (Å²) >= 11 is 0. The molecule has 0 bridgehead atoms. The van der Waals surface area contributed by atoms with E-state index in [2.05, 4.69) is 4.98 Å². The van der Waals surface area contributed by atoms with Crippen molar-refractivity contribution in [3.63, 3.8) is 0 Å². The van der Waals surface area contributed by atoms with Crippen molar-refractivity contribution in [2.45, 2.75) is 6.18 Å². The lowest BCUT2D eigenvalue weighted by molar-refractivity contribution is -0.141. The molecule has 0 atom stereocenters. The monoisotopic (exact) mass is 302 g/mol. The fraction of sp³-hybridized carbons (Fsp3) is 0.0769. The van der Waals surface area contributed by atoms with Gasteiger partial charge in [-0.1, -0.05) is 0 Å². The number of hydrogen-bond donors (Lipinski definition) is 1. The summed E-state index contributed by atoms with van der Waals surface area (Å²) < 4.78 is 64.3. The molecule has 1 aromatic heterocycles. The predicted octanol–water partition coefficient (Wildman–Crippen LogP) is 3.14. The van der Waals surface area contributed by atoms with E-state index in [1.165, 1.54) is 0 Å². The Kier molecular flexibility index (Phi) is 3.63. The highest BCUT2D eigenvalue weighted by molar-refractivity contribution is 5.98. The van der Waals surface area contributed by atoms with Gasteiger partial charge in [0.05, 0.1) is 11.3 Å². The van der Waals surface area contributed by atoms with Crippen molar-refractivity contribution in [2.75, 3.05) is 0 Å². The molecule has 21 heavy (non-hydrogen) atoms. The van der Waals surface area contributed by atoms with Gasteiger partial charge in [0.25, 0.3) is 5.91 Å². The Morgan fingerprint density at radius 3 is 2.10 bits per heavy atom. The number of alkyl halides is 3. The Hall–Kier alpha value is -2.51. The molecule has 1 aromatic carbocycles. The minimum Gasteiger partial charge on any atom is -0.366 e. The molecule has 0 aliphatic rings. The molecule has 1 amide bonds. The Morgan fingerprint density at radius 2 is 1.62 bits per heavy atom. The number of rotatable bonds is 2. The van der Waals surface area contributed by atoms with Gasteiger partial charge in [0.15, 0.2) is 0 Å². The van der Waals surface area contributed by atoms with Crippen LogP contribution in [0.4, 0.5) is 22.0 Å². The highest BCUT2D eigenvalue weighted by Gasteiger charge is 2.33. The molecular formula is C13H7F5N2O. The summed E-state index contributed by atoms with van der Waals surface area (Å²) in [6, 6.07) is 3.45. The lowest BCUT2D eigenvalue weighted by Gasteiger charge is -2.11. The SMILES string of the molecule is NC(=O)c1ccc(C(F)(F)F)nc1-c1cc(F)cc(F)c1. The van der Waals surface area contributed by atoms with Gasteiger partial charge in [-0.2, -0.15) is 13.2 Å². The number of pyridine rings is 1. The van der Waals surface area contributed by atoms with Crippen LogP contribution < -0.4 is 5.73 Å². The molecule has 0 fully saturated rings. The maximum Gasteiger partial charge on any atom is 0.433 e. The van der Waals surface area contributed by atoms with Crippen LogP contribution in [-0.4, -0.2) is 10.9 Å². The van der Waals surface area contributed by atoms with Gasteiger partial charge in [-0.25, -0.2) is 13.8 Å². The lowest BCUT2D eigenvalue weighted by atomic mass is 10.0. The van der Waals surface area contributed by atoms with Crippen molar-refractivity contribution in [3.8, 4) is 11.3 Å². The van der Waals surface area contributed by atoms with Gasteiger partial charge in [0.1, 0.15) is 17.3 Å². The van der Waals surface area contributed by atoms with Crippen molar-refractivity contribution >= 4 is 5.91 Å². The van der Waals surface area contributed by atoms with Gasteiger partial charge in [0, 0.05) is 11.6 Å². The topological polar surface area (TPSA) is 56.0 Å². The van der Waals surface area contributed by atoms with Gasteiger partial charge in [0.2, 0.25) is 0 Å². The molecule has 8 heteroatoms. The minimum atomic E-state index is -4.77. The molecule has 0 aliphatic heterocycles. The number of nitrogens with zero attached hydrogens (tertiary/aromatic N) is 1. The summed E-state index contributed by atoms with van der Waals surface area (Å²) in [6.45, 7) is 0. The molecule has 2 aromatic rings. The van der Waals surface area contributed by atoms with E-state index in [1.807, 2.05) is 0 Å². The normalized spacial score (nSPS) is 11.5. The summed E-state index contributed by atoms with van der Waals surface area (Å²) in [5.41, 5.74) is 2.53. The van der Waals surface area contributed by atoms with Crippen LogP contribution in [0.1, 0.15) is 16.1 Å². The highest BCUT2D eigenvalue weighted by atomic mass is 19.4. The van der Waals surface area contributed by atoms with Gasteiger partial charge in [-0.3, -0.25) is 4.79 Å². The molecule has 110 valence electrons. The minimum absolute atomic E-state index is 0.313. The molecule has 0 aliphatic carbocycles. The molecule has 2 N–H and O–H groups in total. The fourth-order valence-corrected chi connectivity index (χ4v) is 1.73. The smallest absolute Gasteiger partial charge is 0.366 e. The summed E-state index contributed by atoms with van der Waals surface area (Å²) in [5, 5.41) is 0. The first kappa shape index (κ1) is 14.9. The van der Waals surface area contributed by atoms with Crippen molar-refractivity contribution in [1.82, 2.24) is 4.98 Å². The van der Waals surface area contributed by atoms with Crippen LogP contribution >= 0.6 is 0 Å². The Bertz CT molecular complexity index is 692. The Morgan fingerprint density at radius 1 is 1.05 bits per heavy atom. The third-order valence-corrected chi connectivity index (χ3v) is 2.59. The quantitative estimate of drug-likeness (QED) is 0.866. The molecular weight excluding hydrogens is 295 g/mol. The van der Waals surface area contributed by atoms with E-state index in [0.29, 0.717) is 12.1 Å². The highest BCUT2D eigenvalue weighted by Crippen LogP contribution is 2.31.